The van der Waals surface area contributed by atoms with E-state index in [0.717, 1.165) is 29.9 Å². The zero-order valence-corrected chi connectivity index (χ0v) is 12.3. The summed E-state index contributed by atoms with van der Waals surface area (Å²) in [5.74, 6) is 1.52. The van der Waals surface area contributed by atoms with Crippen LogP contribution in [-0.4, -0.2) is 18.6 Å². The molecule has 2 aromatic carbocycles. The fourth-order valence-electron chi connectivity index (χ4n) is 2.43. The number of benzene rings is 2. The van der Waals surface area contributed by atoms with Crippen LogP contribution in [0.25, 0.3) is 0 Å². The summed E-state index contributed by atoms with van der Waals surface area (Å²) in [4.78, 5) is 11.9. The Balaban J connectivity index is 1.58. The quantitative estimate of drug-likeness (QED) is 0.921. The van der Waals surface area contributed by atoms with Gasteiger partial charge in [0.25, 0.3) is 0 Å². The summed E-state index contributed by atoms with van der Waals surface area (Å²) in [6, 6.07) is 17.4. The molecule has 1 heterocycles. The fraction of sp³-hybridized carbons (Fsp3) is 0.278. The van der Waals surface area contributed by atoms with Gasteiger partial charge in [0.1, 0.15) is 17.6 Å². The van der Waals surface area contributed by atoms with Crippen LogP contribution in [-0.2, 0) is 16.1 Å². The van der Waals surface area contributed by atoms with Gasteiger partial charge in [-0.25, -0.2) is 0 Å². The predicted octanol–water partition coefficient (Wildman–Crippen LogP) is 3.27. The maximum absolute atomic E-state index is 11.9. The number of amides is 1. The van der Waals surface area contributed by atoms with Crippen LogP contribution < -0.4 is 10.1 Å². The highest BCUT2D eigenvalue weighted by Gasteiger charge is 2.22. The van der Waals surface area contributed by atoms with Crippen molar-refractivity contribution in [3.8, 4) is 11.5 Å². The van der Waals surface area contributed by atoms with E-state index in [1.807, 2.05) is 54.6 Å². The molecule has 4 nitrogen and oxygen atoms in total. The molecule has 3 rings (SSSR count). The number of hydrogen-bond donors (Lipinski definition) is 1. The molecule has 0 radical (unpaired) electrons. The topological polar surface area (TPSA) is 47.6 Å². The zero-order valence-electron chi connectivity index (χ0n) is 12.3. The summed E-state index contributed by atoms with van der Waals surface area (Å²) in [7, 11) is 0. The van der Waals surface area contributed by atoms with Gasteiger partial charge in [-0.3, -0.25) is 4.79 Å². The average Bonchev–Trinajstić information content (AvgIpc) is 3.08. The molecule has 114 valence electrons. The number of ether oxygens (including phenoxy) is 2. The lowest BCUT2D eigenvalue weighted by Gasteiger charge is -2.11. The standard InChI is InChI=1S/C18H19NO3/c20-18(17-10-5-11-21-17)19-13-14-6-4-9-16(12-14)22-15-7-2-1-3-8-15/h1-4,6-9,12,17H,5,10-11,13H2,(H,19,20). The van der Waals surface area contributed by atoms with Gasteiger partial charge in [-0.2, -0.15) is 0 Å². The van der Waals surface area contributed by atoms with E-state index < -0.39 is 0 Å². The highest BCUT2D eigenvalue weighted by atomic mass is 16.5. The first kappa shape index (κ1) is 14.6. The lowest BCUT2D eigenvalue weighted by Crippen LogP contribution is -2.33. The molecule has 1 N–H and O–H groups in total. The summed E-state index contributed by atoms with van der Waals surface area (Å²) < 4.78 is 11.2. The highest BCUT2D eigenvalue weighted by Crippen LogP contribution is 2.21. The van der Waals surface area contributed by atoms with Crippen LogP contribution in [0.5, 0.6) is 11.5 Å². The first-order valence-corrected chi connectivity index (χ1v) is 7.52. The van der Waals surface area contributed by atoms with E-state index in [0.29, 0.717) is 13.2 Å². The third-order valence-corrected chi connectivity index (χ3v) is 3.57. The second-order valence-corrected chi connectivity index (χ2v) is 5.28. The Bertz CT molecular complexity index is 621. The van der Waals surface area contributed by atoms with Gasteiger partial charge in [-0.05, 0) is 42.7 Å². The fourth-order valence-corrected chi connectivity index (χ4v) is 2.43. The van der Waals surface area contributed by atoms with Crippen LogP contribution in [0.1, 0.15) is 18.4 Å². The number of nitrogens with one attached hydrogen (secondary N) is 1. The molecule has 1 fully saturated rings. The largest absolute Gasteiger partial charge is 0.457 e. The van der Waals surface area contributed by atoms with Crippen molar-refractivity contribution in [2.75, 3.05) is 6.61 Å². The molecule has 0 saturated carbocycles. The molecule has 1 atom stereocenters. The number of carbonyl (C=O) groups is 1. The molecule has 1 aliphatic rings. The van der Waals surface area contributed by atoms with E-state index >= 15 is 0 Å². The van der Waals surface area contributed by atoms with E-state index in [2.05, 4.69) is 5.32 Å². The Labute approximate surface area is 130 Å². The van der Waals surface area contributed by atoms with E-state index in [1.54, 1.807) is 0 Å². The van der Waals surface area contributed by atoms with Crippen LogP contribution in [0, 0.1) is 0 Å². The first-order valence-electron chi connectivity index (χ1n) is 7.52. The van der Waals surface area contributed by atoms with Gasteiger partial charge in [0, 0.05) is 13.2 Å². The average molecular weight is 297 g/mol. The molecule has 0 bridgehead atoms. The van der Waals surface area contributed by atoms with Crippen molar-refractivity contribution >= 4 is 5.91 Å². The molecule has 4 heteroatoms. The lowest BCUT2D eigenvalue weighted by molar-refractivity contribution is -0.130. The van der Waals surface area contributed by atoms with Crippen LogP contribution >= 0.6 is 0 Å². The van der Waals surface area contributed by atoms with Crippen LogP contribution in [0.3, 0.4) is 0 Å². The molecule has 0 spiro atoms. The maximum atomic E-state index is 11.9. The summed E-state index contributed by atoms with van der Waals surface area (Å²) in [6.07, 6.45) is 1.48. The predicted molar refractivity (Wildman–Crippen MR) is 83.8 cm³/mol. The number of carbonyl (C=O) groups excluding carboxylic acids is 1. The third-order valence-electron chi connectivity index (χ3n) is 3.57. The minimum atomic E-state index is -0.288. The van der Waals surface area contributed by atoms with Crippen molar-refractivity contribution in [3.63, 3.8) is 0 Å². The number of hydrogen-bond acceptors (Lipinski definition) is 3. The molecule has 1 saturated heterocycles. The molecule has 1 aliphatic heterocycles. The van der Waals surface area contributed by atoms with E-state index in [1.165, 1.54) is 0 Å². The van der Waals surface area contributed by atoms with E-state index in [4.69, 9.17) is 9.47 Å². The van der Waals surface area contributed by atoms with Crippen LogP contribution in [0.15, 0.2) is 54.6 Å². The Morgan fingerprint density at radius 1 is 1.14 bits per heavy atom. The Morgan fingerprint density at radius 2 is 1.95 bits per heavy atom. The van der Waals surface area contributed by atoms with E-state index in [-0.39, 0.29) is 12.0 Å². The van der Waals surface area contributed by atoms with Crippen molar-refractivity contribution in [1.82, 2.24) is 5.32 Å². The van der Waals surface area contributed by atoms with Crippen molar-refractivity contribution in [2.45, 2.75) is 25.5 Å². The maximum Gasteiger partial charge on any atom is 0.249 e. The molecular formula is C18H19NO3. The third kappa shape index (κ3) is 3.86. The Morgan fingerprint density at radius 3 is 2.73 bits per heavy atom. The summed E-state index contributed by atoms with van der Waals surface area (Å²) in [6.45, 7) is 1.16. The molecule has 0 aliphatic carbocycles. The van der Waals surface area contributed by atoms with Gasteiger partial charge < -0.3 is 14.8 Å². The SMILES string of the molecule is O=C(NCc1cccc(Oc2ccccc2)c1)C1CCCO1. The minimum absolute atomic E-state index is 0.0353. The number of para-hydroxylation sites is 1. The van der Waals surface area contributed by atoms with Crippen molar-refractivity contribution in [1.29, 1.82) is 0 Å². The zero-order chi connectivity index (χ0) is 15.2. The van der Waals surface area contributed by atoms with Gasteiger partial charge >= 0.3 is 0 Å². The monoisotopic (exact) mass is 297 g/mol. The van der Waals surface area contributed by atoms with Crippen molar-refractivity contribution in [3.05, 3.63) is 60.2 Å². The molecule has 0 aromatic heterocycles. The first-order chi connectivity index (χ1) is 10.8. The Hall–Kier alpha value is -2.33. The summed E-state index contributed by atoms with van der Waals surface area (Å²) >= 11 is 0. The normalized spacial score (nSPS) is 17.2. The van der Waals surface area contributed by atoms with Crippen LogP contribution in [0.2, 0.25) is 0 Å². The molecule has 22 heavy (non-hydrogen) atoms. The second kappa shape index (κ2) is 7.09. The van der Waals surface area contributed by atoms with Gasteiger partial charge in [0.05, 0.1) is 0 Å². The molecular weight excluding hydrogens is 278 g/mol. The molecule has 1 unspecified atom stereocenters. The highest BCUT2D eigenvalue weighted by molar-refractivity contribution is 5.80. The van der Waals surface area contributed by atoms with Gasteiger partial charge in [-0.1, -0.05) is 30.3 Å². The van der Waals surface area contributed by atoms with E-state index in [9.17, 15) is 4.79 Å². The second-order valence-electron chi connectivity index (χ2n) is 5.28. The molecule has 1 amide bonds. The van der Waals surface area contributed by atoms with Gasteiger partial charge in [0.15, 0.2) is 0 Å². The van der Waals surface area contributed by atoms with Crippen molar-refractivity contribution in [2.24, 2.45) is 0 Å². The summed E-state index contributed by atoms with van der Waals surface area (Å²) in [5.41, 5.74) is 1.000. The van der Waals surface area contributed by atoms with Gasteiger partial charge in [-0.15, -0.1) is 0 Å². The van der Waals surface area contributed by atoms with Gasteiger partial charge in [0.2, 0.25) is 5.91 Å². The van der Waals surface area contributed by atoms with Crippen molar-refractivity contribution < 1.29 is 14.3 Å². The minimum Gasteiger partial charge on any atom is -0.457 e. The summed E-state index contributed by atoms with van der Waals surface area (Å²) in [5, 5.41) is 2.91. The molecule has 2 aromatic rings. The smallest absolute Gasteiger partial charge is 0.249 e. The lowest BCUT2D eigenvalue weighted by atomic mass is 10.2. The van der Waals surface area contributed by atoms with Crippen LogP contribution in [0.4, 0.5) is 0 Å². The number of rotatable bonds is 5. The Kier molecular flexibility index (Phi) is 4.71.